The van der Waals surface area contributed by atoms with Crippen LogP contribution >= 0.6 is 15.9 Å². The number of aromatic nitrogens is 4. The largest absolute Gasteiger partial charge is 0.382 e. The first-order valence-electron chi connectivity index (χ1n) is 8.30. The van der Waals surface area contributed by atoms with E-state index in [9.17, 15) is 0 Å². The summed E-state index contributed by atoms with van der Waals surface area (Å²) in [5, 5.41) is 14.6. The average Bonchev–Trinajstić information content (AvgIpc) is 3.09. The normalized spacial score (nSPS) is 10.9. The van der Waals surface area contributed by atoms with Gasteiger partial charge in [-0.05, 0) is 47.1 Å². The van der Waals surface area contributed by atoms with Crippen LogP contribution in [0.3, 0.4) is 0 Å². The van der Waals surface area contributed by atoms with E-state index in [0.717, 1.165) is 26.8 Å². The SMILES string of the molecule is Cc1cccc(Cn2cc3c(Br)c(-c4cccc(C#N)c4)nc(N)c3n2)n1. The van der Waals surface area contributed by atoms with Crippen LogP contribution in [0.2, 0.25) is 0 Å². The minimum Gasteiger partial charge on any atom is -0.382 e. The lowest BCUT2D eigenvalue weighted by molar-refractivity contribution is 0.679. The topological polar surface area (TPSA) is 93.4 Å². The molecule has 3 aromatic heterocycles. The number of nitrogens with two attached hydrogens (primary N) is 1. The fourth-order valence-corrected chi connectivity index (χ4v) is 3.59. The molecule has 0 fully saturated rings. The molecular weight excluding hydrogens is 404 g/mol. The van der Waals surface area contributed by atoms with Gasteiger partial charge in [-0.3, -0.25) is 9.67 Å². The van der Waals surface area contributed by atoms with Crippen LogP contribution in [-0.4, -0.2) is 19.7 Å². The molecule has 27 heavy (non-hydrogen) atoms. The van der Waals surface area contributed by atoms with E-state index < -0.39 is 0 Å². The van der Waals surface area contributed by atoms with Crippen molar-refractivity contribution in [1.29, 1.82) is 5.26 Å². The van der Waals surface area contributed by atoms with E-state index in [0.29, 0.717) is 29.1 Å². The van der Waals surface area contributed by atoms with E-state index in [2.05, 4.69) is 37.1 Å². The van der Waals surface area contributed by atoms with Gasteiger partial charge in [0.15, 0.2) is 5.82 Å². The summed E-state index contributed by atoms with van der Waals surface area (Å²) in [6.07, 6.45) is 1.93. The summed E-state index contributed by atoms with van der Waals surface area (Å²) >= 11 is 3.64. The average molecular weight is 419 g/mol. The highest BCUT2D eigenvalue weighted by atomic mass is 79.9. The molecule has 0 radical (unpaired) electrons. The molecule has 0 saturated carbocycles. The molecule has 0 bridgehead atoms. The van der Waals surface area contributed by atoms with Crippen molar-refractivity contribution in [3.05, 3.63) is 70.1 Å². The Balaban J connectivity index is 1.81. The van der Waals surface area contributed by atoms with Crippen molar-refractivity contribution in [3.8, 4) is 17.3 Å². The molecule has 4 rings (SSSR count). The fraction of sp³-hybridized carbons (Fsp3) is 0.100. The van der Waals surface area contributed by atoms with Crippen LogP contribution < -0.4 is 5.73 Å². The number of anilines is 1. The van der Waals surface area contributed by atoms with E-state index in [1.807, 2.05) is 48.1 Å². The zero-order chi connectivity index (χ0) is 19.0. The number of hydrogen-bond donors (Lipinski definition) is 1. The molecular formula is C20H15BrN6. The predicted molar refractivity (Wildman–Crippen MR) is 108 cm³/mol. The molecule has 4 aromatic rings. The van der Waals surface area contributed by atoms with Crippen LogP contribution in [0, 0.1) is 18.3 Å². The number of fused-ring (bicyclic) bond motifs is 1. The quantitative estimate of drug-likeness (QED) is 0.541. The second-order valence-corrected chi connectivity index (χ2v) is 7.00. The molecule has 2 N–H and O–H groups in total. The van der Waals surface area contributed by atoms with Crippen molar-refractivity contribution >= 4 is 32.7 Å². The van der Waals surface area contributed by atoms with Gasteiger partial charge < -0.3 is 5.73 Å². The van der Waals surface area contributed by atoms with E-state index in [4.69, 9.17) is 11.0 Å². The fourth-order valence-electron chi connectivity index (χ4n) is 2.98. The molecule has 7 heteroatoms. The molecule has 0 atom stereocenters. The summed E-state index contributed by atoms with van der Waals surface area (Å²) in [4.78, 5) is 9.03. The Kier molecular flexibility index (Phi) is 4.34. The molecule has 3 heterocycles. The van der Waals surface area contributed by atoms with Crippen molar-refractivity contribution in [2.45, 2.75) is 13.5 Å². The predicted octanol–water partition coefficient (Wildman–Crippen LogP) is 4.07. The highest BCUT2D eigenvalue weighted by Crippen LogP contribution is 2.35. The van der Waals surface area contributed by atoms with Crippen molar-refractivity contribution in [2.24, 2.45) is 0 Å². The third-order valence-electron chi connectivity index (χ3n) is 4.22. The van der Waals surface area contributed by atoms with E-state index in [1.165, 1.54) is 0 Å². The zero-order valence-corrected chi connectivity index (χ0v) is 16.1. The Morgan fingerprint density at radius 1 is 1.19 bits per heavy atom. The third-order valence-corrected chi connectivity index (χ3v) is 5.02. The number of aryl methyl sites for hydroxylation is 1. The molecule has 0 aliphatic heterocycles. The summed E-state index contributed by atoms with van der Waals surface area (Å²) in [5.41, 5.74) is 10.8. The molecule has 0 amide bonds. The van der Waals surface area contributed by atoms with Crippen LogP contribution in [-0.2, 0) is 6.54 Å². The molecule has 6 nitrogen and oxygen atoms in total. The highest BCUT2D eigenvalue weighted by molar-refractivity contribution is 9.10. The van der Waals surface area contributed by atoms with Gasteiger partial charge in [0.05, 0.1) is 34.0 Å². The maximum atomic E-state index is 9.14. The van der Waals surface area contributed by atoms with Gasteiger partial charge in [-0.2, -0.15) is 10.4 Å². The number of hydrogen-bond acceptors (Lipinski definition) is 5. The van der Waals surface area contributed by atoms with Gasteiger partial charge in [0.2, 0.25) is 0 Å². The van der Waals surface area contributed by atoms with E-state index in [1.54, 1.807) is 12.1 Å². The zero-order valence-electron chi connectivity index (χ0n) is 14.5. The van der Waals surface area contributed by atoms with Crippen LogP contribution in [0.4, 0.5) is 5.82 Å². The summed E-state index contributed by atoms with van der Waals surface area (Å²) < 4.78 is 2.61. The lowest BCUT2D eigenvalue weighted by Crippen LogP contribution is -2.03. The van der Waals surface area contributed by atoms with Gasteiger partial charge in [-0.15, -0.1) is 0 Å². The highest BCUT2D eigenvalue weighted by Gasteiger charge is 2.16. The minimum absolute atomic E-state index is 0.349. The molecule has 0 aliphatic rings. The monoisotopic (exact) mass is 418 g/mol. The third kappa shape index (κ3) is 3.27. The van der Waals surface area contributed by atoms with Crippen molar-refractivity contribution < 1.29 is 0 Å². The standard InChI is InChI=1S/C20H15BrN6/c1-12-4-2-7-15(24-12)10-27-11-16-17(21)18(25-20(23)19(16)26-27)14-6-3-5-13(8-14)9-22/h2-8,11H,10H2,1H3,(H2,23,25). The first-order valence-corrected chi connectivity index (χ1v) is 9.09. The Morgan fingerprint density at radius 3 is 2.78 bits per heavy atom. The van der Waals surface area contributed by atoms with E-state index in [-0.39, 0.29) is 0 Å². The molecule has 0 spiro atoms. The Hall–Kier alpha value is -3.24. The molecule has 0 unspecified atom stereocenters. The summed E-state index contributed by atoms with van der Waals surface area (Å²) in [7, 11) is 0. The molecule has 132 valence electrons. The maximum Gasteiger partial charge on any atom is 0.152 e. The summed E-state index contributed by atoms with van der Waals surface area (Å²) in [5.74, 6) is 0.349. The Labute approximate surface area is 164 Å². The number of nitriles is 1. The van der Waals surface area contributed by atoms with Crippen LogP contribution in [0.25, 0.3) is 22.2 Å². The maximum absolute atomic E-state index is 9.14. The smallest absolute Gasteiger partial charge is 0.152 e. The van der Waals surface area contributed by atoms with Gasteiger partial charge in [-0.25, -0.2) is 4.98 Å². The Bertz CT molecular complexity index is 1210. The van der Waals surface area contributed by atoms with Gasteiger partial charge in [0.1, 0.15) is 5.52 Å². The lowest BCUT2D eigenvalue weighted by Gasteiger charge is -2.06. The van der Waals surface area contributed by atoms with Crippen molar-refractivity contribution in [1.82, 2.24) is 19.7 Å². The summed E-state index contributed by atoms with van der Waals surface area (Å²) in [6, 6.07) is 15.3. The molecule has 1 aromatic carbocycles. The summed E-state index contributed by atoms with van der Waals surface area (Å²) in [6.45, 7) is 2.50. The lowest BCUT2D eigenvalue weighted by atomic mass is 10.1. The number of nitrogen functional groups attached to an aromatic ring is 1. The number of benzene rings is 1. The van der Waals surface area contributed by atoms with Gasteiger partial charge in [0, 0.05) is 22.8 Å². The van der Waals surface area contributed by atoms with Crippen LogP contribution in [0.5, 0.6) is 0 Å². The first kappa shape index (κ1) is 17.2. The molecule has 0 aliphatic carbocycles. The number of rotatable bonds is 3. The number of nitrogens with zero attached hydrogens (tertiary/aromatic N) is 5. The minimum atomic E-state index is 0.349. The van der Waals surface area contributed by atoms with Gasteiger partial charge in [0.25, 0.3) is 0 Å². The van der Waals surface area contributed by atoms with Crippen molar-refractivity contribution in [3.63, 3.8) is 0 Å². The second kappa shape index (κ2) is 6.82. The first-order chi connectivity index (χ1) is 13.0. The number of pyridine rings is 2. The van der Waals surface area contributed by atoms with Crippen molar-refractivity contribution in [2.75, 3.05) is 5.73 Å². The second-order valence-electron chi connectivity index (χ2n) is 6.21. The van der Waals surface area contributed by atoms with Gasteiger partial charge in [-0.1, -0.05) is 18.2 Å². The number of halogens is 1. The van der Waals surface area contributed by atoms with E-state index >= 15 is 0 Å². The Morgan fingerprint density at radius 2 is 2.00 bits per heavy atom. The van der Waals surface area contributed by atoms with Crippen LogP contribution in [0.15, 0.2) is 53.1 Å². The van der Waals surface area contributed by atoms with Gasteiger partial charge >= 0.3 is 0 Å². The molecule has 0 saturated heterocycles. The van der Waals surface area contributed by atoms with Crippen LogP contribution in [0.1, 0.15) is 17.0 Å².